The second kappa shape index (κ2) is 6.89. The van der Waals surface area contributed by atoms with Gasteiger partial charge in [-0.25, -0.2) is 0 Å². The summed E-state index contributed by atoms with van der Waals surface area (Å²) in [4.78, 5) is 2.55. The largest absolute Gasteiger partial charge is 0.493 e. The van der Waals surface area contributed by atoms with Gasteiger partial charge in [0.05, 0.1) is 28.4 Å². The molecule has 0 radical (unpaired) electrons. The minimum atomic E-state index is 0.00892. The van der Waals surface area contributed by atoms with Gasteiger partial charge in [-0.05, 0) is 41.3 Å². The fraction of sp³-hybridized carbons (Fsp3) is 0.478. The second-order valence-electron chi connectivity index (χ2n) is 8.24. The maximum absolute atomic E-state index is 5.71. The van der Waals surface area contributed by atoms with E-state index in [1.165, 1.54) is 22.3 Å². The number of rotatable bonds is 4. The van der Waals surface area contributed by atoms with Gasteiger partial charge >= 0.3 is 0 Å². The molecule has 5 nitrogen and oxygen atoms in total. The van der Waals surface area contributed by atoms with Gasteiger partial charge < -0.3 is 18.9 Å². The first-order chi connectivity index (χ1) is 13.4. The van der Waals surface area contributed by atoms with Gasteiger partial charge in [0.1, 0.15) is 0 Å². The first-order valence-electron chi connectivity index (χ1n) is 9.66. The van der Waals surface area contributed by atoms with Crippen molar-refractivity contribution in [2.75, 3.05) is 35.0 Å². The molecule has 2 aromatic carbocycles. The van der Waals surface area contributed by atoms with Crippen LogP contribution >= 0.6 is 0 Å². The third-order valence-electron chi connectivity index (χ3n) is 6.20. The van der Waals surface area contributed by atoms with E-state index in [9.17, 15) is 0 Å². The molecule has 28 heavy (non-hydrogen) atoms. The molecule has 5 heteroatoms. The first-order valence-corrected chi connectivity index (χ1v) is 9.66. The molecule has 2 aromatic rings. The number of methoxy groups -OCH3 is 4. The molecule has 150 valence electrons. The van der Waals surface area contributed by atoms with Crippen molar-refractivity contribution in [3.63, 3.8) is 0 Å². The molecule has 1 unspecified atom stereocenters. The van der Waals surface area contributed by atoms with Crippen molar-refractivity contribution in [2.24, 2.45) is 0 Å². The summed E-state index contributed by atoms with van der Waals surface area (Å²) in [6.45, 7) is 6.41. The lowest BCUT2D eigenvalue weighted by atomic mass is 9.72. The van der Waals surface area contributed by atoms with Gasteiger partial charge in [-0.3, -0.25) is 4.90 Å². The Kier molecular flexibility index (Phi) is 4.66. The lowest BCUT2D eigenvalue weighted by Gasteiger charge is -2.48. The van der Waals surface area contributed by atoms with E-state index in [0.29, 0.717) is 6.04 Å². The number of ether oxygens (including phenoxy) is 4. The smallest absolute Gasteiger partial charge is 0.165 e. The number of benzene rings is 2. The summed E-state index contributed by atoms with van der Waals surface area (Å²) in [5.74, 6) is 3.24. The quantitative estimate of drug-likeness (QED) is 0.795. The Morgan fingerprint density at radius 1 is 0.893 bits per heavy atom. The summed E-state index contributed by atoms with van der Waals surface area (Å²) < 4.78 is 22.4. The van der Waals surface area contributed by atoms with E-state index in [4.69, 9.17) is 18.9 Å². The second-order valence-corrected chi connectivity index (χ2v) is 8.24. The molecule has 2 heterocycles. The van der Waals surface area contributed by atoms with Crippen molar-refractivity contribution in [2.45, 2.75) is 38.3 Å². The Labute approximate surface area is 167 Å². The fourth-order valence-electron chi connectivity index (χ4n) is 4.87. The molecule has 0 aromatic heterocycles. The van der Waals surface area contributed by atoms with Crippen molar-refractivity contribution in [3.8, 4) is 23.0 Å². The topological polar surface area (TPSA) is 40.2 Å². The minimum Gasteiger partial charge on any atom is -0.493 e. The molecule has 0 saturated carbocycles. The molecule has 0 N–H and O–H groups in total. The van der Waals surface area contributed by atoms with Gasteiger partial charge in [0.2, 0.25) is 0 Å². The highest BCUT2D eigenvalue weighted by Gasteiger charge is 2.41. The van der Waals surface area contributed by atoms with Gasteiger partial charge in [-0.2, -0.15) is 0 Å². The van der Waals surface area contributed by atoms with Crippen LogP contribution in [0, 0.1) is 0 Å². The highest BCUT2D eigenvalue weighted by Crippen LogP contribution is 2.49. The molecule has 0 spiro atoms. The van der Waals surface area contributed by atoms with Crippen molar-refractivity contribution in [3.05, 3.63) is 46.5 Å². The van der Waals surface area contributed by atoms with Crippen LogP contribution in [0.25, 0.3) is 0 Å². The summed E-state index contributed by atoms with van der Waals surface area (Å²) in [5.41, 5.74) is 5.23. The van der Waals surface area contributed by atoms with E-state index >= 15 is 0 Å². The summed E-state index contributed by atoms with van der Waals surface area (Å²) in [7, 11) is 6.80. The summed E-state index contributed by atoms with van der Waals surface area (Å²) >= 11 is 0. The van der Waals surface area contributed by atoms with Gasteiger partial charge in [0.15, 0.2) is 23.0 Å². The number of hydrogen-bond donors (Lipinski definition) is 0. The van der Waals surface area contributed by atoms with Crippen LogP contribution in [0.1, 0.15) is 42.1 Å². The summed E-state index contributed by atoms with van der Waals surface area (Å²) in [5, 5.41) is 0. The number of hydrogen-bond acceptors (Lipinski definition) is 5. The van der Waals surface area contributed by atoms with Crippen LogP contribution in [-0.4, -0.2) is 39.9 Å². The van der Waals surface area contributed by atoms with Crippen molar-refractivity contribution in [1.82, 2.24) is 4.90 Å². The maximum atomic E-state index is 5.71. The molecular weight excluding hydrogens is 354 g/mol. The van der Waals surface area contributed by atoms with Crippen LogP contribution in [0.2, 0.25) is 0 Å². The highest BCUT2D eigenvalue weighted by molar-refractivity contribution is 5.56. The zero-order valence-corrected chi connectivity index (χ0v) is 17.6. The van der Waals surface area contributed by atoms with E-state index in [1.807, 2.05) is 6.07 Å². The molecule has 0 bridgehead atoms. The molecule has 2 aliphatic heterocycles. The molecule has 0 saturated heterocycles. The Hall–Kier alpha value is -2.40. The molecule has 0 amide bonds. The van der Waals surface area contributed by atoms with Gasteiger partial charge in [0.25, 0.3) is 0 Å². The van der Waals surface area contributed by atoms with Crippen LogP contribution in [0.15, 0.2) is 24.3 Å². The van der Waals surface area contributed by atoms with Crippen LogP contribution < -0.4 is 18.9 Å². The molecule has 1 atom stereocenters. The van der Waals surface area contributed by atoms with E-state index in [0.717, 1.165) is 42.5 Å². The average Bonchev–Trinajstić information content (AvgIpc) is 2.70. The van der Waals surface area contributed by atoms with E-state index in [2.05, 4.69) is 36.9 Å². The number of nitrogens with zero attached hydrogens (tertiary/aromatic N) is 1. The average molecular weight is 383 g/mol. The Morgan fingerprint density at radius 2 is 1.57 bits per heavy atom. The normalized spacial score (nSPS) is 19.9. The lowest BCUT2D eigenvalue weighted by molar-refractivity contribution is 0.116. The van der Waals surface area contributed by atoms with Crippen molar-refractivity contribution < 1.29 is 18.9 Å². The Morgan fingerprint density at radius 3 is 2.21 bits per heavy atom. The van der Waals surface area contributed by atoms with E-state index in [-0.39, 0.29) is 5.41 Å². The predicted molar refractivity (Wildman–Crippen MR) is 109 cm³/mol. The Bertz CT molecular complexity index is 906. The van der Waals surface area contributed by atoms with Crippen molar-refractivity contribution in [1.29, 1.82) is 0 Å². The standard InChI is InChI=1S/C23H29NO4/c1-23(2)13-24-12-16-14(7-8-19(25-3)22(16)28-6)9-18(24)15-10-20(26-4)21(27-5)11-17(15)23/h7-8,10-11,18H,9,12-13H2,1-6H3. The van der Waals surface area contributed by atoms with Crippen LogP contribution in [0.5, 0.6) is 23.0 Å². The first kappa shape index (κ1) is 18.9. The molecule has 2 aliphatic rings. The molecular formula is C23H29NO4. The fourth-order valence-corrected chi connectivity index (χ4v) is 4.87. The summed E-state index contributed by atoms with van der Waals surface area (Å²) in [6.07, 6.45) is 0.939. The van der Waals surface area contributed by atoms with Crippen molar-refractivity contribution >= 4 is 0 Å². The third kappa shape index (κ3) is 2.80. The predicted octanol–water partition coefficient (Wildman–Crippen LogP) is 4.11. The SMILES string of the molecule is COc1cc2c(cc1OC)C(C)(C)CN1Cc3c(ccc(OC)c3OC)CC21. The molecule has 0 fully saturated rings. The molecule has 4 rings (SSSR count). The lowest BCUT2D eigenvalue weighted by Crippen LogP contribution is -2.47. The number of fused-ring (bicyclic) bond motifs is 4. The zero-order chi connectivity index (χ0) is 20.1. The van der Waals surface area contributed by atoms with Gasteiger partial charge in [-0.15, -0.1) is 0 Å². The monoisotopic (exact) mass is 383 g/mol. The van der Waals surface area contributed by atoms with Gasteiger partial charge in [0, 0.05) is 30.1 Å². The zero-order valence-electron chi connectivity index (χ0n) is 17.6. The van der Waals surface area contributed by atoms with Crippen LogP contribution in [0.4, 0.5) is 0 Å². The summed E-state index contributed by atoms with van der Waals surface area (Å²) in [6, 6.07) is 8.83. The minimum absolute atomic E-state index is 0.00892. The maximum Gasteiger partial charge on any atom is 0.165 e. The van der Waals surface area contributed by atoms with E-state index < -0.39 is 0 Å². The molecule has 0 aliphatic carbocycles. The van der Waals surface area contributed by atoms with E-state index in [1.54, 1.807) is 28.4 Å². The third-order valence-corrected chi connectivity index (χ3v) is 6.20. The highest BCUT2D eigenvalue weighted by atomic mass is 16.5. The van der Waals surface area contributed by atoms with Crippen LogP contribution in [0.3, 0.4) is 0 Å². The van der Waals surface area contributed by atoms with Crippen LogP contribution in [-0.2, 0) is 18.4 Å². The Balaban J connectivity index is 1.84. The van der Waals surface area contributed by atoms with Gasteiger partial charge in [-0.1, -0.05) is 19.9 Å².